The van der Waals surface area contributed by atoms with Crippen LogP contribution < -0.4 is 0 Å². The van der Waals surface area contributed by atoms with Gasteiger partial charge in [-0.15, -0.1) is 0 Å². The average molecular weight is 273 g/mol. The second-order valence-corrected chi connectivity index (χ2v) is 4.81. The highest BCUT2D eigenvalue weighted by Gasteiger charge is 2.16. The van der Waals surface area contributed by atoms with Gasteiger partial charge in [-0.2, -0.15) is 0 Å². The fourth-order valence-corrected chi connectivity index (χ4v) is 2.01. The molecule has 0 radical (unpaired) electrons. The zero-order valence-corrected chi connectivity index (χ0v) is 11.4. The third-order valence-electron chi connectivity index (χ3n) is 3.03. The Hall–Kier alpha value is -2.36. The molecule has 1 amide bonds. The Bertz CT molecular complexity index is 640. The van der Waals surface area contributed by atoms with Gasteiger partial charge in [-0.25, -0.2) is 4.39 Å². The number of phenols is 1. The largest absolute Gasteiger partial charge is 0.508 e. The van der Waals surface area contributed by atoms with Crippen LogP contribution in [-0.2, 0) is 6.54 Å². The number of rotatable bonds is 3. The fraction of sp³-hybridized carbons (Fsp3) is 0.188. The molecule has 0 aliphatic carbocycles. The lowest BCUT2D eigenvalue weighted by atomic mass is 10.1. The minimum Gasteiger partial charge on any atom is -0.508 e. The summed E-state index contributed by atoms with van der Waals surface area (Å²) in [5.41, 5.74) is 1.68. The first-order valence-corrected chi connectivity index (χ1v) is 6.27. The van der Waals surface area contributed by atoms with Gasteiger partial charge in [-0.1, -0.05) is 23.8 Å². The molecule has 0 saturated heterocycles. The number of phenolic OH excluding ortho intramolecular Hbond substituents is 1. The van der Waals surface area contributed by atoms with Gasteiger partial charge in [-0.05, 0) is 36.8 Å². The molecule has 0 atom stereocenters. The number of hydrogen-bond donors (Lipinski definition) is 1. The Morgan fingerprint density at radius 3 is 2.70 bits per heavy atom. The third kappa shape index (κ3) is 3.15. The van der Waals surface area contributed by atoms with Crippen LogP contribution in [0, 0.1) is 12.7 Å². The van der Waals surface area contributed by atoms with E-state index in [1.807, 2.05) is 6.92 Å². The number of aryl methyl sites for hydroxylation is 1. The molecule has 2 rings (SSSR count). The summed E-state index contributed by atoms with van der Waals surface area (Å²) < 4.78 is 13.7. The monoisotopic (exact) mass is 273 g/mol. The molecule has 0 heterocycles. The molecule has 0 bridgehead atoms. The topological polar surface area (TPSA) is 40.5 Å². The minimum atomic E-state index is -0.525. The zero-order chi connectivity index (χ0) is 14.7. The van der Waals surface area contributed by atoms with E-state index in [9.17, 15) is 14.3 Å². The number of benzene rings is 2. The summed E-state index contributed by atoms with van der Waals surface area (Å²) in [5.74, 6) is -0.761. The Balaban J connectivity index is 2.18. The summed E-state index contributed by atoms with van der Waals surface area (Å²) in [6.45, 7) is 2.12. The summed E-state index contributed by atoms with van der Waals surface area (Å²) in [5, 5.41) is 9.40. The van der Waals surface area contributed by atoms with Gasteiger partial charge in [0.2, 0.25) is 0 Å². The van der Waals surface area contributed by atoms with Crippen molar-refractivity contribution in [1.29, 1.82) is 0 Å². The van der Waals surface area contributed by atoms with Gasteiger partial charge in [-0.3, -0.25) is 4.79 Å². The van der Waals surface area contributed by atoms with Crippen molar-refractivity contribution in [3.8, 4) is 5.75 Å². The fourth-order valence-electron chi connectivity index (χ4n) is 2.01. The van der Waals surface area contributed by atoms with Gasteiger partial charge in [0.05, 0.1) is 5.56 Å². The Morgan fingerprint density at radius 1 is 1.25 bits per heavy atom. The minimum absolute atomic E-state index is 0.0626. The molecule has 2 aromatic carbocycles. The highest BCUT2D eigenvalue weighted by Crippen LogP contribution is 2.16. The van der Waals surface area contributed by atoms with Gasteiger partial charge in [0.25, 0.3) is 5.91 Å². The summed E-state index contributed by atoms with van der Waals surface area (Å²) >= 11 is 0. The van der Waals surface area contributed by atoms with Gasteiger partial charge < -0.3 is 10.0 Å². The molecular formula is C16H16FNO2. The van der Waals surface area contributed by atoms with Crippen LogP contribution in [0.15, 0.2) is 42.5 Å². The van der Waals surface area contributed by atoms with Crippen molar-refractivity contribution in [3.05, 3.63) is 65.0 Å². The first kappa shape index (κ1) is 14.1. The number of carbonyl (C=O) groups excluding carboxylic acids is 1. The van der Waals surface area contributed by atoms with Crippen LogP contribution in [-0.4, -0.2) is 23.0 Å². The molecule has 3 nitrogen and oxygen atoms in total. The number of amides is 1. The maximum atomic E-state index is 13.7. The lowest BCUT2D eigenvalue weighted by Gasteiger charge is -2.18. The van der Waals surface area contributed by atoms with Crippen molar-refractivity contribution in [1.82, 2.24) is 4.90 Å². The highest BCUT2D eigenvalue weighted by atomic mass is 19.1. The zero-order valence-electron chi connectivity index (χ0n) is 11.4. The molecule has 0 spiro atoms. The predicted molar refractivity (Wildman–Crippen MR) is 75.0 cm³/mol. The van der Waals surface area contributed by atoms with Crippen LogP contribution in [0.1, 0.15) is 21.5 Å². The summed E-state index contributed by atoms with van der Waals surface area (Å²) in [6, 6.07) is 11.1. The second kappa shape index (κ2) is 5.74. The molecule has 0 aliphatic rings. The van der Waals surface area contributed by atoms with Crippen LogP contribution in [0.4, 0.5) is 4.39 Å². The van der Waals surface area contributed by atoms with Crippen molar-refractivity contribution >= 4 is 5.91 Å². The van der Waals surface area contributed by atoms with Crippen molar-refractivity contribution < 1.29 is 14.3 Å². The predicted octanol–water partition coefficient (Wildman–Crippen LogP) is 3.11. The molecular weight excluding hydrogens is 257 g/mol. The molecule has 0 saturated carbocycles. The van der Waals surface area contributed by atoms with E-state index in [0.717, 1.165) is 11.1 Å². The number of aromatic hydroxyl groups is 1. The average Bonchev–Trinajstić information content (AvgIpc) is 2.40. The van der Waals surface area contributed by atoms with E-state index in [-0.39, 0.29) is 17.2 Å². The summed E-state index contributed by atoms with van der Waals surface area (Å²) in [7, 11) is 1.61. The van der Waals surface area contributed by atoms with Crippen LogP contribution in [0.5, 0.6) is 5.75 Å². The molecule has 104 valence electrons. The van der Waals surface area contributed by atoms with Gasteiger partial charge in [0.1, 0.15) is 11.6 Å². The summed E-state index contributed by atoms with van der Waals surface area (Å²) in [4.78, 5) is 13.7. The SMILES string of the molecule is Cc1ccc(F)c(C(=O)N(C)Cc2cccc(O)c2)c1. The Morgan fingerprint density at radius 2 is 2.00 bits per heavy atom. The molecule has 1 N–H and O–H groups in total. The number of nitrogens with zero attached hydrogens (tertiary/aromatic N) is 1. The molecule has 0 aromatic heterocycles. The van der Waals surface area contributed by atoms with Crippen molar-refractivity contribution in [2.75, 3.05) is 7.05 Å². The lowest BCUT2D eigenvalue weighted by Crippen LogP contribution is -2.27. The van der Waals surface area contributed by atoms with Crippen molar-refractivity contribution in [2.24, 2.45) is 0 Å². The number of hydrogen-bond acceptors (Lipinski definition) is 2. The van der Waals surface area contributed by atoms with E-state index in [4.69, 9.17) is 0 Å². The van der Waals surface area contributed by atoms with Gasteiger partial charge >= 0.3 is 0 Å². The van der Waals surface area contributed by atoms with E-state index in [1.54, 1.807) is 37.4 Å². The smallest absolute Gasteiger partial charge is 0.256 e. The standard InChI is InChI=1S/C16H16FNO2/c1-11-6-7-15(17)14(8-11)16(20)18(2)10-12-4-3-5-13(19)9-12/h3-9,19H,10H2,1-2H3. The van der Waals surface area contributed by atoms with Crippen molar-refractivity contribution in [3.63, 3.8) is 0 Å². The molecule has 20 heavy (non-hydrogen) atoms. The van der Waals surface area contributed by atoms with E-state index >= 15 is 0 Å². The Kier molecular flexibility index (Phi) is 4.03. The van der Waals surface area contributed by atoms with E-state index < -0.39 is 5.82 Å². The van der Waals surface area contributed by atoms with Crippen LogP contribution >= 0.6 is 0 Å². The third-order valence-corrected chi connectivity index (χ3v) is 3.03. The van der Waals surface area contributed by atoms with E-state index in [0.29, 0.717) is 6.54 Å². The number of halogens is 1. The molecule has 4 heteroatoms. The molecule has 0 unspecified atom stereocenters. The number of carbonyl (C=O) groups is 1. The quantitative estimate of drug-likeness (QED) is 0.933. The lowest BCUT2D eigenvalue weighted by molar-refractivity contribution is 0.0780. The molecule has 2 aromatic rings. The maximum absolute atomic E-state index is 13.7. The normalized spacial score (nSPS) is 10.3. The van der Waals surface area contributed by atoms with E-state index in [2.05, 4.69) is 0 Å². The molecule has 0 aliphatic heterocycles. The first-order chi connectivity index (χ1) is 9.47. The maximum Gasteiger partial charge on any atom is 0.256 e. The highest BCUT2D eigenvalue weighted by molar-refractivity contribution is 5.94. The van der Waals surface area contributed by atoms with Gasteiger partial charge in [0, 0.05) is 13.6 Å². The van der Waals surface area contributed by atoms with Crippen LogP contribution in [0.2, 0.25) is 0 Å². The van der Waals surface area contributed by atoms with Crippen LogP contribution in [0.3, 0.4) is 0 Å². The Labute approximate surface area is 117 Å². The van der Waals surface area contributed by atoms with Gasteiger partial charge in [0.15, 0.2) is 0 Å². The second-order valence-electron chi connectivity index (χ2n) is 4.81. The molecule has 0 fully saturated rings. The van der Waals surface area contributed by atoms with E-state index in [1.165, 1.54) is 17.0 Å². The van der Waals surface area contributed by atoms with Crippen LogP contribution in [0.25, 0.3) is 0 Å². The summed E-state index contributed by atoms with van der Waals surface area (Å²) in [6.07, 6.45) is 0. The first-order valence-electron chi connectivity index (χ1n) is 6.27. The van der Waals surface area contributed by atoms with Crippen molar-refractivity contribution in [2.45, 2.75) is 13.5 Å².